The van der Waals surface area contributed by atoms with Crippen molar-refractivity contribution in [1.29, 1.82) is 0 Å². The van der Waals surface area contributed by atoms with Crippen molar-refractivity contribution in [2.75, 3.05) is 0 Å². The summed E-state index contributed by atoms with van der Waals surface area (Å²) in [7, 11) is -1.55. The van der Waals surface area contributed by atoms with Crippen molar-refractivity contribution < 1.29 is 13.5 Å². The third-order valence-corrected chi connectivity index (χ3v) is 6.59. The van der Waals surface area contributed by atoms with Crippen molar-refractivity contribution in [1.82, 2.24) is 14.1 Å². The number of imidazole rings is 1. The highest BCUT2D eigenvalue weighted by Crippen LogP contribution is 2.36. The molecule has 0 bridgehead atoms. The first kappa shape index (κ1) is 19.5. The van der Waals surface area contributed by atoms with Crippen LogP contribution in [0.1, 0.15) is 54.2 Å². The first-order valence-electron chi connectivity index (χ1n) is 8.88. The van der Waals surface area contributed by atoms with E-state index in [9.17, 15) is 4.21 Å². The zero-order valence-corrected chi connectivity index (χ0v) is 17.4. The minimum absolute atomic E-state index is 0.311. The van der Waals surface area contributed by atoms with E-state index < -0.39 is 18.1 Å². The quantitative estimate of drug-likeness (QED) is 0.830. The lowest BCUT2D eigenvalue weighted by atomic mass is 9.80. The maximum absolute atomic E-state index is 12.2. The molecule has 0 unspecified atom stereocenters. The largest absolute Gasteiger partial charge is 0.496 e. The first-order chi connectivity index (χ1) is 11.9. The number of nitrogens with zero attached hydrogens (tertiary/aromatic N) is 2. The van der Waals surface area contributed by atoms with E-state index in [1.165, 1.54) is 0 Å². The van der Waals surface area contributed by atoms with Gasteiger partial charge in [-0.1, -0.05) is 6.07 Å². The predicted molar refractivity (Wildman–Crippen MR) is 106 cm³/mol. The van der Waals surface area contributed by atoms with Gasteiger partial charge in [0.2, 0.25) is 0 Å². The molecule has 0 amide bonds. The number of hydrogen-bond acceptors (Lipinski definition) is 4. The molecule has 2 aromatic rings. The van der Waals surface area contributed by atoms with Crippen molar-refractivity contribution in [2.45, 2.75) is 71.0 Å². The fourth-order valence-corrected chi connectivity index (χ4v) is 3.36. The molecule has 0 radical (unpaired) electrons. The molecule has 1 fully saturated rings. The molecule has 2 aromatic heterocycles. The number of pyridine rings is 1. The Kier molecular flexibility index (Phi) is 4.84. The van der Waals surface area contributed by atoms with E-state index >= 15 is 0 Å². The molecular weight excluding hydrogens is 349 g/mol. The van der Waals surface area contributed by atoms with E-state index in [0.29, 0.717) is 6.54 Å². The number of aromatic nitrogens is 2. The molecule has 1 aliphatic heterocycles. The Labute approximate surface area is 158 Å². The monoisotopic (exact) mass is 377 g/mol. The highest BCUT2D eigenvalue weighted by molar-refractivity contribution is 7.84. The van der Waals surface area contributed by atoms with Crippen LogP contribution in [0.4, 0.5) is 0 Å². The maximum atomic E-state index is 12.2. The third kappa shape index (κ3) is 3.60. The Bertz CT molecular complexity index is 826. The summed E-state index contributed by atoms with van der Waals surface area (Å²) in [5, 5.41) is 0. The third-order valence-electron chi connectivity index (χ3n) is 5.07. The van der Waals surface area contributed by atoms with Crippen LogP contribution in [0.15, 0.2) is 24.5 Å². The molecular formula is C18H28BN3O3S. The van der Waals surface area contributed by atoms with Crippen LogP contribution in [-0.4, -0.2) is 36.7 Å². The fourth-order valence-electron chi connectivity index (χ4n) is 2.65. The van der Waals surface area contributed by atoms with Crippen molar-refractivity contribution in [3.63, 3.8) is 0 Å². The van der Waals surface area contributed by atoms with Gasteiger partial charge >= 0.3 is 7.12 Å². The molecule has 3 heterocycles. The number of fused-ring (bicyclic) bond motifs is 1. The van der Waals surface area contributed by atoms with Gasteiger partial charge in [-0.2, -0.15) is 0 Å². The smallest absolute Gasteiger partial charge is 0.399 e. The standard InChI is InChI=1S/C18H28BN3O3S/c1-16(2,3)26(23)21-11-14-10-20-15-9-8-13(12-22(14)15)19-24-17(4,5)18(6,7)25-19/h8-10,12,21H,11H2,1-7H3/t26-/m0/s1. The highest BCUT2D eigenvalue weighted by Gasteiger charge is 2.51. The summed E-state index contributed by atoms with van der Waals surface area (Å²) in [4.78, 5) is 4.43. The second-order valence-corrected chi connectivity index (χ2v) is 10.8. The Balaban J connectivity index is 1.84. The van der Waals surface area contributed by atoms with Gasteiger partial charge in [-0.05, 0) is 60.0 Å². The minimum atomic E-state index is -1.13. The number of rotatable bonds is 4. The first-order valence-corrected chi connectivity index (χ1v) is 10.0. The van der Waals surface area contributed by atoms with Crippen LogP contribution in [0.2, 0.25) is 0 Å². The summed E-state index contributed by atoms with van der Waals surface area (Å²) in [5.74, 6) is 0. The molecule has 8 heteroatoms. The molecule has 142 valence electrons. The Hall–Kier alpha value is -1.22. The van der Waals surface area contributed by atoms with Crippen molar-refractivity contribution in [3.8, 4) is 0 Å². The van der Waals surface area contributed by atoms with Crippen LogP contribution in [0, 0.1) is 0 Å². The SMILES string of the molecule is CC(C)(C)[S@](=O)NCc1cnc2ccc(B3OC(C)(C)C(C)(C)O3)cn12. The maximum Gasteiger partial charge on any atom is 0.496 e. The molecule has 0 aliphatic carbocycles. The topological polar surface area (TPSA) is 64.9 Å². The molecule has 1 aliphatic rings. The van der Waals surface area contributed by atoms with Gasteiger partial charge in [0, 0.05) is 6.20 Å². The summed E-state index contributed by atoms with van der Waals surface area (Å²) in [6.07, 6.45) is 3.79. The Morgan fingerprint density at radius 2 is 1.81 bits per heavy atom. The number of nitrogens with one attached hydrogen (secondary N) is 1. The minimum Gasteiger partial charge on any atom is -0.399 e. The Morgan fingerprint density at radius 1 is 1.19 bits per heavy atom. The summed E-state index contributed by atoms with van der Waals surface area (Å²) < 4.78 is 29.3. The zero-order chi connectivity index (χ0) is 19.3. The molecule has 1 saturated heterocycles. The zero-order valence-electron chi connectivity index (χ0n) is 16.6. The van der Waals surface area contributed by atoms with Crippen molar-refractivity contribution in [3.05, 3.63) is 30.2 Å². The number of hydrogen-bond donors (Lipinski definition) is 1. The summed E-state index contributed by atoms with van der Waals surface area (Å²) in [6.45, 7) is 14.5. The van der Waals surface area contributed by atoms with Crippen molar-refractivity contribution in [2.24, 2.45) is 0 Å². The normalized spacial score (nSPS) is 20.7. The van der Waals surface area contributed by atoms with Crippen LogP contribution in [0.25, 0.3) is 5.65 Å². The lowest BCUT2D eigenvalue weighted by Gasteiger charge is -2.32. The molecule has 1 N–H and O–H groups in total. The van der Waals surface area contributed by atoms with Gasteiger partial charge in [0.15, 0.2) is 0 Å². The molecule has 6 nitrogen and oxygen atoms in total. The second kappa shape index (κ2) is 6.44. The van der Waals surface area contributed by atoms with Crippen molar-refractivity contribution >= 4 is 29.2 Å². The Morgan fingerprint density at radius 3 is 2.38 bits per heavy atom. The average molecular weight is 377 g/mol. The van der Waals surface area contributed by atoms with Crippen LogP contribution in [-0.2, 0) is 26.8 Å². The lowest BCUT2D eigenvalue weighted by Crippen LogP contribution is -2.41. The summed E-state index contributed by atoms with van der Waals surface area (Å²) >= 11 is 0. The molecule has 3 rings (SSSR count). The summed E-state index contributed by atoms with van der Waals surface area (Å²) in [5.41, 5.74) is 1.96. The fraction of sp³-hybridized carbons (Fsp3) is 0.611. The molecule has 0 spiro atoms. The van der Waals surface area contributed by atoms with Gasteiger partial charge in [0.25, 0.3) is 0 Å². The van der Waals surface area contributed by atoms with E-state index in [2.05, 4.69) is 9.71 Å². The van der Waals surface area contributed by atoms with Gasteiger partial charge in [-0.3, -0.25) is 0 Å². The highest BCUT2D eigenvalue weighted by atomic mass is 32.2. The van der Waals surface area contributed by atoms with E-state index in [1.54, 1.807) is 6.20 Å². The van der Waals surface area contributed by atoms with E-state index in [1.807, 2.05) is 71.2 Å². The van der Waals surface area contributed by atoms with Crippen LogP contribution < -0.4 is 10.2 Å². The van der Waals surface area contributed by atoms with Crippen LogP contribution >= 0.6 is 0 Å². The van der Waals surface area contributed by atoms with E-state index in [0.717, 1.165) is 16.8 Å². The molecule has 1 atom stereocenters. The summed E-state index contributed by atoms with van der Waals surface area (Å²) in [6, 6.07) is 3.93. The van der Waals surface area contributed by atoms with Gasteiger partial charge < -0.3 is 13.7 Å². The van der Waals surface area contributed by atoms with Gasteiger partial charge in [-0.15, -0.1) is 0 Å². The van der Waals surface area contributed by atoms with Gasteiger partial charge in [-0.25, -0.2) is 13.9 Å². The lowest BCUT2D eigenvalue weighted by molar-refractivity contribution is 0.00578. The molecule has 0 saturated carbocycles. The average Bonchev–Trinajstić information content (AvgIpc) is 3.01. The van der Waals surface area contributed by atoms with Crippen LogP contribution in [0.3, 0.4) is 0 Å². The molecule has 26 heavy (non-hydrogen) atoms. The molecule has 0 aromatic carbocycles. The van der Waals surface area contributed by atoms with Gasteiger partial charge in [0.1, 0.15) is 5.65 Å². The second-order valence-electron chi connectivity index (χ2n) is 8.73. The van der Waals surface area contributed by atoms with E-state index in [-0.39, 0.29) is 15.9 Å². The predicted octanol–water partition coefficient (Wildman–Crippen LogP) is 2.19. The van der Waals surface area contributed by atoms with Crippen LogP contribution in [0.5, 0.6) is 0 Å². The van der Waals surface area contributed by atoms with E-state index in [4.69, 9.17) is 9.31 Å². The van der Waals surface area contributed by atoms with Gasteiger partial charge in [0.05, 0.1) is 45.4 Å².